The van der Waals surface area contributed by atoms with Crippen molar-refractivity contribution in [1.82, 2.24) is 0 Å². The van der Waals surface area contributed by atoms with E-state index in [2.05, 4.69) is 6.58 Å². The van der Waals surface area contributed by atoms with E-state index in [4.69, 9.17) is 10.8 Å². The maximum Gasteiger partial charge on any atom is 0.323 e. The van der Waals surface area contributed by atoms with Crippen LogP contribution >= 0.6 is 0 Å². The summed E-state index contributed by atoms with van der Waals surface area (Å²) in [4.78, 5) is 10.9. The summed E-state index contributed by atoms with van der Waals surface area (Å²) in [6.45, 7) is 5.07. The highest BCUT2D eigenvalue weighted by Gasteiger charge is 2.28. The van der Waals surface area contributed by atoms with Crippen LogP contribution < -0.4 is 5.73 Å². The van der Waals surface area contributed by atoms with Gasteiger partial charge in [-0.1, -0.05) is 18.2 Å². The molecule has 0 bridgehead atoms. The Bertz CT molecular complexity index is 438. The Kier molecular flexibility index (Phi) is 3.91. The van der Waals surface area contributed by atoms with Crippen molar-refractivity contribution < 1.29 is 15.0 Å². The molecule has 92 valence electrons. The van der Waals surface area contributed by atoms with Crippen molar-refractivity contribution in [2.75, 3.05) is 0 Å². The monoisotopic (exact) mass is 235 g/mol. The molecule has 1 aromatic rings. The first-order valence-corrected chi connectivity index (χ1v) is 5.31. The van der Waals surface area contributed by atoms with Crippen molar-refractivity contribution in [3.63, 3.8) is 0 Å². The molecule has 17 heavy (non-hydrogen) atoms. The molecule has 0 aliphatic heterocycles. The lowest BCUT2D eigenvalue weighted by atomic mass is 9.92. The minimum atomic E-state index is -1.30. The van der Waals surface area contributed by atoms with Gasteiger partial charge < -0.3 is 15.9 Å². The number of phenolic OH excluding ortho intramolecular Hbond substituents is 1. The van der Waals surface area contributed by atoms with Crippen LogP contribution in [0.5, 0.6) is 5.75 Å². The molecular weight excluding hydrogens is 218 g/mol. The van der Waals surface area contributed by atoms with Gasteiger partial charge in [0.1, 0.15) is 11.3 Å². The second-order valence-electron chi connectivity index (χ2n) is 4.36. The van der Waals surface area contributed by atoms with Crippen LogP contribution in [-0.4, -0.2) is 21.7 Å². The molecular formula is C13H17NO3. The lowest BCUT2D eigenvalue weighted by Gasteiger charge is -2.19. The Morgan fingerprint density at radius 3 is 2.76 bits per heavy atom. The van der Waals surface area contributed by atoms with E-state index in [1.807, 2.05) is 0 Å². The third kappa shape index (κ3) is 3.32. The molecule has 0 fully saturated rings. The van der Waals surface area contributed by atoms with Crippen molar-refractivity contribution >= 4 is 5.97 Å². The van der Waals surface area contributed by atoms with Crippen molar-refractivity contribution in [3.8, 4) is 5.75 Å². The van der Waals surface area contributed by atoms with Gasteiger partial charge in [-0.3, -0.25) is 4.79 Å². The van der Waals surface area contributed by atoms with E-state index in [0.29, 0.717) is 6.42 Å². The summed E-state index contributed by atoms with van der Waals surface area (Å²) in [5, 5.41) is 18.5. The Hall–Kier alpha value is -1.81. The van der Waals surface area contributed by atoms with E-state index in [0.717, 1.165) is 11.1 Å². The molecule has 0 saturated heterocycles. The van der Waals surface area contributed by atoms with Crippen molar-refractivity contribution in [3.05, 3.63) is 42.0 Å². The molecule has 0 unspecified atom stereocenters. The number of carboxylic acids is 1. The SMILES string of the molecule is C=CCc1cc(C[C@@](C)(N)C(=O)O)ccc1O. The number of nitrogens with two attached hydrogens (primary N) is 1. The fourth-order valence-corrected chi connectivity index (χ4v) is 1.57. The average Bonchev–Trinajstić information content (AvgIpc) is 2.23. The Morgan fingerprint density at radius 1 is 1.59 bits per heavy atom. The first-order chi connectivity index (χ1) is 7.86. The molecule has 0 aliphatic carbocycles. The first-order valence-electron chi connectivity index (χ1n) is 5.31. The number of aliphatic carboxylic acids is 1. The van der Waals surface area contributed by atoms with Gasteiger partial charge in [-0.2, -0.15) is 0 Å². The Balaban J connectivity index is 2.96. The first kappa shape index (κ1) is 13.3. The van der Waals surface area contributed by atoms with E-state index in [-0.39, 0.29) is 12.2 Å². The zero-order valence-electron chi connectivity index (χ0n) is 9.81. The molecule has 0 aromatic heterocycles. The van der Waals surface area contributed by atoms with Crippen molar-refractivity contribution in [1.29, 1.82) is 0 Å². The molecule has 0 aliphatic rings. The molecule has 4 nitrogen and oxygen atoms in total. The van der Waals surface area contributed by atoms with Crippen LogP contribution in [0.15, 0.2) is 30.9 Å². The van der Waals surface area contributed by atoms with Gasteiger partial charge in [0.05, 0.1) is 0 Å². The molecule has 4 N–H and O–H groups in total. The summed E-state index contributed by atoms with van der Waals surface area (Å²) < 4.78 is 0. The number of rotatable bonds is 5. The molecule has 0 spiro atoms. The lowest BCUT2D eigenvalue weighted by molar-refractivity contribution is -0.142. The third-order valence-electron chi connectivity index (χ3n) is 2.57. The molecule has 1 rings (SSSR count). The van der Waals surface area contributed by atoms with E-state index in [1.165, 1.54) is 6.92 Å². The van der Waals surface area contributed by atoms with E-state index >= 15 is 0 Å². The number of hydrogen-bond acceptors (Lipinski definition) is 3. The van der Waals surface area contributed by atoms with Gasteiger partial charge in [0.2, 0.25) is 0 Å². The van der Waals surface area contributed by atoms with Crippen LogP contribution in [0, 0.1) is 0 Å². The molecule has 0 heterocycles. The normalized spacial score (nSPS) is 14.0. The largest absolute Gasteiger partial charge is 0.508 e. The number of hydrogen-bond donors (Lipinski definition) is 3. The summed E-state index contributed by atoms with van der Waals surface area (Å²) in [5.41, 5.74) is 5.87. The molecule has 0 saturated carbocycles. The summed E-state index contributed by atoms with van der Waals surface area (Å²) in [6, 6.07) is 4.98. The second-order valence-corrected chi connectivity index (χ2v) is 4.36. The number of allylic oxidation sites excluding steroid dienone is 1. The lowest BCUT2D eigenvalue weighted by Crippen LogP contribution is -2.46. The van der Waals surface area contributed by atoms with Crippen LogP contribution in [0.3, 0.4) is 0 Å². The number of carbonyl (C=O) groups is 1. The zero-order valence-corrected chi connectivity index (χ0v) is 9.81. The van der Waals surface area contributed by atoms with Gasteiger partial charge in [-0.05, 0) is 30.5 Å². The van der Waals surface area contributed by atoms with Gasteiger partial charge in [-0.15, -0.1) is 6.58 Å². The minimum absolute atomic E-state index is 0.183. The number of aromatic hydroxyl groups is 1. The number of carboxylic acid groups (broad SMARTS) is 1. The summed E-state index contributed by atoms with van der Waals surface area (Å²) >= 11 is 0. The second kappa shape index (κ2) is 5.01. The van der Waals surface area contributed by atoms with Crippen LogP contribution in [0.4, 0.5) is 0 Å². The highest BCUT2D eigenvalue weighted by Crippen LogP contribution is 2.21. The summed E-state index contributed by atoms with van der Waals surface area (Å²) in [6.07, 6.45) is 2.43. The van der Waals surface area contributed by atoms with Gasteiger partial charge in [0, 0.05) is 6.42 Å². The fraction of sp³-hybridized carbons (Fsp3) is 0.308. The fourth-order valence-electron chi connectivity index (χ4n) is 1.57. The molecule has 1 aromatic carbocycles. The predicted octanol–water partition coefficient (Wildman–Crippen LogP) is 1.47. The topological polar surface area (TPSA) is 83.6 Å². The summed E-state index contributed by atoms with van der Waals surface area (Å²) in [7, 11) is 0. The summed E-state index contributed by atoms with van der Waals surface area (Å²) in [5.74, 6) is -0.862. The zero-order chi connectivity index (χ0) is 13.1. The predicted molar refractivity (Wildman–Crippen MR) is 65.9 cm³/mol. The number of benzene rings is 1. The maximum atomic E-state index is 10.9. The van der Waals surface area contributed by atoms with Crippen LogP contribution in [0.1, 0.15) is 18.1 Å². The molecule has 0 radical (unpaired) electrons. The van der Waals surface area contributed by atoms with Crippen LogP contribution in [-0.2, 0) is 17.6 Å². The highest BCUT2D eigenvalue weighted by molar-refractivity contribution is 5.78. The average molecular weight is 235 g/mol. The van der Waals surface area contributed by atoms with Gasteiger partial charge in [0.25, 0.3) is 0 Å². The van der Waals surface area contributed by atoms with Crippen molar-refractivity contribution in [2.24, 2.45) is 5.73 Å². The third-order valence-corrected chi connectivity index (χ3v) is 2.57. The Labute approximate surface area is 100 Å². The highest BCUT2D eigenvalue weighted by atomic mass is 16.4. The van der Waals surface area contributed by atoms with E-state index < -0.39 is 11.5 Å². The van der Waals surface area contributed by atoms with Crippen LogP contribution in [0.25, 0.3) is 0 Å². The minimum Gasteiger partial charge on any atom is -0.508 e. The number of phenols is 1. The molecule has 1 atom stereocenters. The standard InChI is InChI=1S/C13H17NO3/c1-3-4-10-7-9(5-6-11(10)15)8-13(2,14)12(16)17/h3,5-7,15H,1,4,8,14H2,2H3,(H,16,17)/t13-/m1/s1. The van der Waals surface area contributed by atoms with Crippen molar-refractivity contribution in [2.45, 2.75) is 25.3 Å². The van der Waals surface area contributed by atoms with Gasteiger partial charge >= 0.3 is 5.97 Å². The molecule has 0 amide bonds. The molecule has 4 heteroatoms. The van der Waals surface area contributed by atoms with Gasteiger partial charge in [0.15, 0.2) is 0 Å². The smallest absolute Gasteiger partial charge is 0.323 e. The quantitative estimate of drug-likeness (QED) is 0.675. The van der Waals surface area contributed by atoms with E-state index in [9.17, 15) is 9.90 Å². The van der Waals surface area contributed by atoms with E-state index in [1.54, 1.807) is 24.3 Å². The Morgan fingerprint density at radius 2 is 2.24 bits per heavy atom. The van der Waals surface area contributed by atoms with Gasteiger partial charge in [-0.25, -0.2) is 0 Å². The van der Waals surface area contributed by atoms with Crippen LogP contribution in [0.2, 0.25) is 0 Å². The maximum absolute atomic E-state index is 10.9.